The maximum Gasteiger partial charge on any atom is 0.131 e. The third kappa shape index (κ3) is 3.67. The van der Waals surface area contributed by atoms with Crippen molar-refractivity contribution >= 4 is 0 Å². The Balaban J connectivity index is 1.58. The fourth-order valence-corrected chi connectivity index (χ4v) is 2.48. The van der Waals surface area contributed by atoms with Crippen molar-refractivity contribution in [2.24, 2.45) is 0 Å². The van der Waals surface area contributed by atoms with Crippen molar-refractivity contribution in [1.29, 1.82) is 0 Å². The van der Waals surface area contributed by atoms with Gasteiger partial charge in [-0.25, -0.2) is 8.78 Å². The number of H-pyrrole nitrogens is 1. The van der Waals surface area contributed by atoms with Gasteiger partial charge in [-0.2, -0.15) is 5.10 Å². The summed E-state index contributed by atoms with van der Waals surface area (Å²) in [6, 6.07) is 15.1. The molecule has 0 aliphatic heterocycles. The van der Waals surface area contributed by atoms with Crippen LogP contribution in [-0.2, 0) is 6.54 Å². The molecule has 0 bridgehead atoms. The fourth-order valence-electron chi connectivity index (χ4n) is 2.48. The van der Waals surface area contributed by atoms with Crippen LogP contribution in [0.15, 0.2) is 54.6 Å². The number of hydrogen-bond acceptors (Lipinski definition) is 3. The molecule has 24 heavy (non-hydrogen) atoms. The lowest BCUT2D eigenvalue weighted by Crippen LogP contribution is -2.22. The molecule has 3 N–H and O–H groups in total. The van der Waals surface area contributed by atoms with Gasteiger partial charge >= 0.3 is 0 Å². The molecule has 2 aromatic carbocycles. The number of aromatic amines is 1. The quantitative estimate of drug-likeness (QED) is 0.651. The van der Waals surface area contributed by atoms with Crippen LogP contribution >= 0.6 is 0 Å². The Kier molecular flexibility index (Phi) is 4.98. The zero-order valence-corrected chi connectivity index (χ0v) is 12.8. The molecule has 124 valence electrons. The van der Waals surface area contributed by atoms with Crippen LogP contribution in [0.1, 0.15) is 17.4 Å². The van der Waals surface area contributed by atoms with E-state index >= 15 is 0 Å². The first-order valence-corrected chi connectivity index (χ1v) is 7.57. The minimum Gasteiger partial charge on any atom is -0.387 e. The molecule has 1 atom stereocenters. The van der Waals surface area contributed by atoms with Gasteiger partial charge < -0.3 is 10.4 Å². The molecular weight excluding hydrogens is 312 g/mol. The predicted octanol–water partition coefficient (Wildman–Crippen LogP) is 3.18. The summed E-state index contributed by atoms with van der Waals surface area (Å²) < 4.78 is 27.2. The summed E-state index contributed by atoms with van der Waals surface area (Å²) >= 11 is 0. The van der Waals surface area contributed by atoms with Crippen molar-refractivity contribution in [2.45, 2.75) is 12.6 Å². The molecule has 0 amide bonds. The van der Waals surface area contributed by atoms with Crippen molar-refractivity contribution in [2.75, 3.05) is 6.54 Å². The monoisotopic (exact) mass is 329 g/mol. The lowest BCUT2D eigenvalue weighted by molar-refractivity contribution is 0.164. The van der Waals surface area contributed by atoms with E-state index in [0.29, 0.717) is 6.54 Å². The first kappa shape index (κ1) is 16.3. The number of benzene rings is 2. The maximum atomic E-state index is 13.6. The number of rotatable bonds is 6. The zero-order valence-electron chi connectivity index (χ0n) is 12.8. The van der Waals surface area contributed by atoms with Gasteiger partial charge in [-0.1, -0.05) is 36.4 Å². The summed E-state index contributed by atoms with van der Waals surface area (Å²) in [5.41, 5.74) is 2.30. The Morgan fingerprint density at radius 3 is 2.46 bits per heavy atom. The van der Waals surface area contributed by atoms with Gasteiger partial charge in [0.05, 0.1) is 17.4 Å². The first-order valence-electron chi connectivity index (χ1n) is 7.57. The first-order chi connectivity index (χ1) is 11.6. The Labute approximate surface area is 138 Å². The van der Waals surface area contributed by atoms with E-state index in [9.17, 15) is 13.9 Å². The lowest BCUT2D eigenvalue weighted by atomic mass is 10.1. The standard InChI is InChI=1S/C18H17F2N3O/c19-14-7-4-8-15(20)18(14)17(24)11-21-10-13-9-16(23-22-13)12-5-2-1-3-6-12/h1-9,17,21,24H,10-11H2,(H,22,23). The van der Waals surface area contributed by atoms with Crippen molar-refractivity contribution in [1.82, 2.24) is 15.5 Å². The molecule has 0 radical (unpaired) electrons. The Bertz CT molecular complexity index is 785. The summed E-state index contributed by atoms with van der Waals surface area (Å²) in [6.07, 6.45) is -1.26. The number of aromatic nitrogens is 2. The second kappa shape index (κ2) is 7.33. The van der Waals surface area contributed by atoms with Crippen LogP contribution < -0.4 is 5.32 Å². The molecule has 1 aromatic heterocycles. The SMILES string of the molecule is OC(CNCc1cc(-c2ccccc2)n[nH]1)c1c(F)cccc1F. The van der Waals surface area contributed by atoms with Gasteiger partial charge in [-0.05, 0) is 18.2 Å². The van der Waals surface area contributed by atoms with Crippen molar-refractivity contribution in [3.05, 3.63) is 77.5 Å². The Morgan fingerprint density at radius 1 is 1.04 bits per heavy atom. The van der Waals surface area contributed by atoms with Crippen molar-refractivity contribution < 1.29 is 13.9 Å². The van der Waals surface area contributed by atoms with Gasteiger partial charge in [0.15, 0.2) is 0 Å². The lowest BCUT2D eigenvalue weighted by Gasteiger charge is -2.13. The van der Waals surface area contributed by atoms with Gasteiger partial charge in [0, 0.05) is 24.3 Å². The van der Waals surface area contributed by atoms with Gasteiger partial charge in [0.2, 0.25) is 0 Å². The second-order valence-electron chi connectivity index (χ2n) is 5.43. The molecule has 4 nitrogen and oxygen atoms in total. The number of halogens is 2. The summed E-state index contributed by atoms with van der Waals surface area (Å²) in [5.74, 6) is -1.51. The number of hydrogen-bond donors (Lipinski definition) is 3. The predicted molar refractivity (Wildman–Crippen MR) is 87.0 cm³/mol. The average molecular weight is 329 g/mol. The minimum absolute atomic E-state index is 0.0253. The number of aliphatic hydroxyl groups is 1. The molecule has 0 spiro atoms. The Morgan fingerprint density at radius 2 is 1.75 bits per heavy atom. The molecule has 0 aliphatic rings. The van der Waals surface area contributed by atoms with E-state index in [1.54, 1.807) is 0 Å². The van der Waals surface area contributed by atoms with Gasteiger partial charge in [0.25, 0.3) is 0 Å². The van der Waals surface area contributed by atoms with E-state index in [1.165, 1.54) is 6.07 Å². The fraction of sp³-hybridized carbons (Fsp3) is 0.167. The van der Waals surface area contributed by atoms with Gasteiger partial charge in [-0.3, -0.25) is 5.10 Å². The van der Waals surface area contributed by atoms with Crippen LogP contribution in [0.4, 0.5) is 8.78 Å². The molecule has 1 unspecified atom stereocenters. The van der Waals surface area contributed by atoms with Crippen LogP contribution in [0.5, 0.6) is 0 Å². The molecule has 6 heteroatoms. The highest BCUT2D eigenvalue weighted by Gasteiger charge is 2.17. The average Bonchev–Trinajstić information content (AvgIpc) is 3.04. The van der Waals surface area contributed by atoms with E-state index in [1.807, 2.05) is 36.4 Å². The molecule has 0 fully saturated rings. The smallest absolute Gasteiger partial charge is 0.131 e. The summed E-state index contributed by atoms with van der Waals surface area (Å²) in [4.78, 5) is 0. The molecular formula is C18H17F2N3O. The second-order valence-corrected chi connectivity index (χ2v) is 5.43. The zero-order chi connectivity index (χ0) is 16.9. The largest absolute Gasteiger partial charge is 0.387 e. The number of nitrogens with zero attached hydrogens (tertiary/aromatic N) is 1. The summed E-state index contributed by atoms with van der Waals surface area (Å²) in [7, 11) is 0. The molecule has 0 aliphatic carbocycles. The third-order valence-electron chi connectivity index (χ3n) is 3.69. The van der Waals surface area contributed by atoms with Gasteiger partial charge in [-0.15, -0.1) is 0 Å². The molecule has 3 aromatic rings. The van der Waals surface area contributed by atoms with Crippen LogP contribution in [0.3, 0.4) is 0 Å². The highest BCUT2D eigenvalue weighted by molar-refractivity contribution is 5.58. The summed E-state index contributed by atoms with van der Waals surface area (Å²) in [6.45, 7) is 0.421. The van der Waals surface area contributed by atoms with Crippen molar-refractivity contribution in [3.8, 4) is 11.3 Å². The van der Waals surface area contributed by atoms with Crippen molar-refractivity contribution in [3.63, 3.8) is 0 Å². The van der Waals surface area contributed by atoms with E-state index in [0.717, 1.165) is 29.1 Å². The Hall–Kier alpha value is -2.57. The minimum atomic E-state index is -1.26. The maximum absolute atomic E-state index is 13.6. The topological polar surface area (TPSA) is 60.9 Å². The van der Waals surface area contributed by atoms with Crippen LogP contribution in [0, 0.1) is 11.6 Å². The third-order valence-corrected chi connectivity index (χ3v) is 3.69. The van der Waals surface area contributed by atoms with E-state index in [-0.39, 0.29) is 12.1 Å². The summed E-state index contributed by atoms with van der Waals surface area (Å²) in [5, 5.41) is 20.1. The molecule has 0 saturated carbocycles. The van der Waals surface area contributed by atoms with Crippen LogP contribution in [0.25, 0.3) is 11.3 Å². The van der Waals surface area contributed by atoms with Crippen LogP contribution in [0.2, 0.25) is 0 Å². The molecule has 0 saturated heterocycles. The number of nitrogens with one attached hydrogen (secondary N) is 2. The van der Waals surface area contributed by atoms with E-state index in [2.05, 4.69) is 15.5 Å². The highest BCUT2D eigenvalue weighted by atomic mass is 19.1. The highest BCUT2D eigenvalue weighted by Crippen LogP contribution is 2.20. The van der Waals surface area contributed by atoms with E-state index in [4.69, 9.17) is 0 Å². The number of aliphatic hydroxyl groups excluding tert-OH is 1. The molecule has 1 heterocycles. The van der Waals surface area contributed by atoms with Gasteiger partial charge in [0.1, 0.15) is 11.6 Å². The van der Waals surface area contributed by atoms with E-state index < -0.39 is 17.7 Å². The van der Waals surface area contributed by atoms with Crippen LogP contribution in [-0.4, -0.2) is 21.8 Å². The normalized spacial score (nSPS) is 12.3. The molecule has 3 rings (SSSR count).